The highest BCUT2D eigenvalue weighted by Gasteiger charge is 2.50. The number of nitrogens with one attached hydrogen (secondary N) is 1. The van der Waals surface area contributed by atoms with Crippen LogP contribution in [0.2, 0.25) is 0 Å². The van der Waals surface area contributed by atoms with Crippen molar-refractivity contribution in [2.75, 3.05) is 7.11 Å². The third-order valence-corrected chi connectivity index (χ3v) is 4.57. The van der Waals surface area contributed by atoms with E-state index in [2.05, 4.69) is 26.2 Å². The van der Waals surface area contributed by atoms with Crippen LogP contribution in [0.4, 0.5) is 0 Å². The van der Waals surface area contributed by atoms with Crippen molar-refractivity contribution in [2.45, 2.75) is 24.8 Å². The maximum atomic E-state index is 12.5. The minimum absolute atomic E-state index is 0.0886. The highest BCUT2D eigenvalue weighted by atomic mass is 79.9. The molecule has 2 aromatic rings. The van der Waals surface area contributed by atoms with Gasteiger partial charge in [-0.05, 0) is 36.1 Å². The van der Waals surface area contributed by atoms with Gasteiger partial charge < -0.3 is 10.1 Å². The summed E-state index contributed by atoms with van der Waals surface area (Å²) >= 11 is 3.42. The number of carbonyl (C=O) groups excluding carboxylic acids is 1. The molecule has 114 valence electrons. The third kappa shape index (κ3) is 2.99. The van der Waals surface area contributed by atoms with Crippen molar-refractivity contribution in [3.05, 3.63) is 58.2 Å². The molecule has 0 saturated heterocycles. The minimum atomic E-state index is -0.347. The topological polar surface area (TPSA) is 51.2 Å². The van der Waals surface area contributed by atoms with Gasteiger partial charge in [-0.2, -0.15) is 0 Å². The number of aromatic nitrogens is 1. The molecule has 1 aromatic carbocycles. The van der Waals surface area contributed by atoms with E-state index in [1.54, 1.807) is 19.4 Å². The molecule has 1 aromatic heterocycles. The first-order valence-electron chi connectivity index (χ1n) is 7.17. The lowest BCUT2D eigenvalue weighted by Gasteiger charge is -2.16. The van der Waals surface area contributed by atoms with Crippen LogP contribution in [-0.2, 0) is 16.8 Å². The SMILES string of the molecule is COc1ccc(CNC(=O)C2(c3ccc(Br)cc3)CC2)cn1. The second-order valence-electron chi connectivity index (χ2n) is 5.48. The van der Waals surface area contributed by atoms with Crippen molar-refractivity contribution < 1.29 is 9.53 Å². The van der Waals surface area contributed by atoms with E-state index in [0.717, 1.165) is 28.4 Å². The van der Waals surface area contributed by atoms with E-state index in [1.807, 2.05) is 30.3 Å². The zero-order valence-corrected chi connectivity index (χ0v) is 13.9. The van der Waals surface area contributed by atoms with Crippen LogP contribution in [0, 0.1) is 0 Å². The lowest BCUT2D eigenvalue weighted by molar-refractivity contribution is -0.123. The molecule has 0 spiro atoms. The maximum Gasteiger partial charge on any atom is 0.230 e. The average Bonchev–Trinajstić information content (AvgIpc) is 3.35. The van der Waals surface area contributed by atoms with Gasteiger partial charge in [0.2, 0.25) is 11.8 Å². The van der Waals surface area contributed by atoms with Gasteiger partial charge in [0.15, 0.2) is 0 Å². The zero-order chi connectivity index (χ0) is 15.6. The number of halogens is 1. The normalized spacial score (nSPS) is 15.2. The predicted molar refractivity (Wildman–Crippen MR) is 87.7 cm³/mol. The number of hydrogen-bond acceptors (Lipinski definition) is 3. The van der Waals surface area contributed by atoms with Gasteiger partial charge in [0, 0.05) is 23.3 Å². The van der Waals surface area contributed by atoms with Gasteiger partial charge in [-0.3, -0.25) is 4.79 Å². The van der Waals surface area contributed by atoms with E-state index in [1.165, 1.54) is 0 Å². The van der Waals surface area contributed by atoms with Crippen LogP contribution >= 0.6 is 15.9 Å². The van der Waals surface area contributed by atoms with Crippen LogP contribution in [0.1, 0.15) is 24.0 Å². The molecular weight excluding hydrogens is 344 g/mol. The Hall–Kier alpha value is -1.88. The Balaban J connectivity index is 1.65. The second kappa shape index (κ2) is 6.08. The molecule has 1 heterocycles. The Bertz CT molecular complexity index is 664. The van der Waals surface area contributed by atoms with Gasteiger partial charge in [-0.25, -0.2) is 4.98 Å². The van der Waals surface area contributed by atoms with Crippen molar-refractivity contribution in [1.82, 2.24) is 10.3 Å². The standard InChI is InChI=1S/C17H17BrN2O2/c1-22-15-7-2-12(10-19-15)11-20-16(21)17(8-9-17)13-3-5-14(18)6-4-13/h2-7,10H,8-9,11H2,1H3,(H,20,21). The van der Waals surface area contributed by atoms with Gasteiger partial charge >= 0.3 is 0 Å². The van der Waals surface area contributed by atoms with Crippen LogP contribution in [0.5, 0.6) is 5.88 Å². The summed E-state index contributed by atoms with van der Waals surface area (Å²) in [6.45, 7) is 0.480. The van der Waals surface area contributed by atoms with Crippen molar-refractivity contribution in [2.24, 2.45) is 0 Å². The molecule has 0 radical (unpaired) electrons. The third-order valence-electron chi connectivity index (χ3n) is 4.04. The van der Waals surface area contributed by atoms with Crippen molar-refractivity contribution >= 4 is 21.8 Å². The van der Waals surface area contributed by atoms with Crippen LogP contribution in [0.15, 0.2) is 47.1 Å². The number of nitrogens with zero attached hydrogens (tertiary/aromatic N) is 1. The lowest BCUT2D eigenvalue weighted by Crippen LogP contribution is -2.34. The number of benzene rings is 1. The molecule has 4 nitrogen and oxygen atoms in total. The first-order valence-corrected chi connectivity index (χ1v) is 7.97. The molecule has 0 unspecified atom stereocenters. The van der Waals surface area contributed by atoms with Crippen molar-refractivity contribution in [3.63, 3.8) is 0 Å². The van der Waals surface area contributed by atoms with Crippen molar-refractivity contribution in [1.29, 1.82) is 0 Å². The molecule has 22 heavy (non-hydrogen) atoms. The summed E-state index contributed by atoms with van der Waals surface area (Å²) < 4.78 is 6.05. The Morgan fingerprint density at radius 3 is 2.55 bits per heavy atom. The van der Waals surface area contributed by atoms with Crippen molar-refractivity contribution in [3.8, 4) is 5.88 Å². The molecule has 1 amide bonds. The Morgan fingerprint density at radius 2 is 2.00 bits per heavy atom. The number of pyridine rings is 1. The second-order valence-corrected chi connectivity index (χ2v) is 6.40. The predicted octanol–water partition coefficient (Wildman–Crippen LogP) is 3.20. The Morgan fingerprint density at radius 1 is 1.27 bits per heavy atom. The fourth-order valence-corrected chi connectivity index (χ4v) is 2.79. The highest BCUT2D eigenvalue weighted by molar-refractivity contribution is 9.10. The fourth-order valence-electron chi connectivity index (χ4n) is 2.53. The smallest absolute Gasteiger partial charge is 0.230 e. The van der Waals surface area contributed by atoms with E-state index < -0.39 is 0 Å². The quantitative estimate of drug-likeness (QED) is 0.890. The monoisotopic (exact) mass is 360 g/mol. The molecule has 0 aliphatic heterocycles. The summed E-state index contributed by atoms with van der Waals surface area (Å²) in [5.74, 6) is 0.661. The van der Waals surface area contributed by atoms with Gasteiger partial charge in [-0.15, -0.1) is 0 Å². The first kappa shape index (κ1) is 15.0. The van der Waals surface area contributed by atoms with E-state index in [0.29, 0.717) is 12.4 Å². The van der Waals surface area contributed by atoms with Gasteiger partial charge in [-0.1, -0.05) is 34.1 Å². The molecule has 0 bridgehead atoms. The molecule has 1 fully saturated rings. The van der Waals surface area contributed by atoms with Crippen LogP contribution in [0.25, 0.3) is 0 Å². The maximum absolute atomic E-state index is 12.5. The molecule has 3 rings (SSSR count). The zero-order valence-electron chi connectivity index (χ0n) is 12.3. The van der Waals surface area contributed by atoms with Crippen LogP contribution < -0.4 is 10.1 Å². The van der Waals surface area contributed by atoms with Gasteiger partial charge in [0.05, 0.1) is 12.5 Å². The molecule has 1 aliphatic carbocycles. The lowest BCUT2D eigenvalue weighted by atomic mass is 9.95. The van der Waals surface area contributed by atoms with Gasteiger partial charge in [0.1, 0.15) is 0 Å². The molecule has 0 atom stereocenters. The summed E-state index contributed by atoms with van der Waals surface area (Å²) in [5.41, 5.74) is 1.70. The molecular formula is C17H17BrN2O2. The number of carbonyl (C=O) groups is 1. The summed E-state index contributed by atoms with van der Waals surface area (Å²) in [6, 6.07) is 11.7. The average molecular weight is 361 g/mol. The number of ether oxygens (including phenoxy) is 1. The summed E-state index contributed by atoms with van der Waals surface area (Å²) in [5, 5.41) is 3.02. The summed E-state index contributed by atoms with van der Waals surface area (Å²) in [6.07, 6.45) is 3.53. The van der Waals surface area contributed by atoms with E-state index in [4.69, 9.17) is 4.74 Å². The van der Waals surface area contributed by atoms with Gasteiger partial charge in [0.25, 0.3) is 0 Å². The number of amides is 1. The largest absolute Gasteiger partial charge is 0.481 e. The molecule has 5 heteroatoms. The fraction of sp³-hybridized carbons (Fsp3) is 0.294. The number of rotatable bonds is 5. The van der Waals surface area contributed by atoms with Crippen LogP contribution in [-0.4, -0.2) is 18.0 Å². The Kier molecular flexibility index (Phi) is 4.16. The van der Waals surface area contributed by atoms with Crippen LogP contribution in [0.3, 0.4) is 0 Å². The summed E-state index contributed by atoms with van der Waals surface area (Å²) in [7, 11) is 1.58. The number of hydrogen-bond donors (Lipinski definition) is 1. The Labute approximate surface area is 138 Å². The molecule has 1 aliphatic rings. The molecule has 1 saturated carbocycles. The van der Waals surface area contributed by atoms with E-state index >= 15 is 0 Å². The summed E-state index contributed by atoms with van der Waals surface area (Å²) in [4.78, 5) is 16.7. The highest BCUT2D eigenvalue weighted by Crippen LogP contribution is 2.48. The molecule has 1 N–H and O–H groups in total. The van der Waals surface area contributed by atoms with E-state index in [-0.39, 0.29) is 11.3 Å². The number of methoxy groups -OCH3 is 1. The first-order chi connectivity index (χ1) is 10.6. The minimum Gasteiger partial charge on any atom is -0.481 e. The van der Waals surface area contributed by atoms with E-state index in [9.17, 15) is 4.79 Å².